The van der Waals surface area contributed by atoms with Crippen LogP contribution in [0.4, 0.5) is 30.2 Å². The minimum absolute atomic E-state index is 0.143. The number of hydrogen-bond acceptors (Lipinski definition) is 4. The Morgan fingerprint density at radius 1 is 0.860 bits per heavy atom. The summed E-state index contributed by atoms with van der Waals surface area (Å²) in [5, 5.41) is 3.07. The second-order valence-electron chi connectivity index (χ2n) is 13.3. The van der Waals surface area contributed by atoms with Crippen molar-refractivity contribution in [1.82, 2.24) is 5.32 Å². The van der Waals surface area contributed by atoms with E-state index in [2.05, 4.69) is 5.32 Å². The van der Waals surface area contributed by atoms with Crippen LogP contribution in [0.3, 0.4) is 0 Å². The third-order valence-corrected chi connectivity index (χ3v) is 9.66. The van der Waals surface area contributed by atoms with Gasteiger partial charge >= 0.3 is 6.18 Å². The van der Waals surface area contributed by atoms with E-state index in [4.69, 9.17) is 5.73 Å². The largest absolute Gasteiger partial charge is 0.416 e. The van der Waals surface area contributed by atoms with E-state index in [-0.39, 0.29) is 24.9 Å². The first-order chi connectivity index (χ1) is 24.0. The number of para-hydroxylation sites is 3. The van der Waals surface area contributed by atoms with Gasteiger partial charge in [0, 0.05) is 17.5 Å². The van der Waals surface area contributed by atoms with E-state index < -0.39 is 35.5 Å². The van der Waals surface area contributed by atoms with E-state index in [1.165, 1.54) is 12.1 Å². The molecule has 0 saturated heterocycles. The highest BCUT2D eigenvalue weighted by Crippen LogP contribution is 2.40. The summed E-state index contributed by atoms with van der Waals surface area (Å²) < 4.78 is 39.6. The lowest BCUT2D eigenvalue weighted by atomic mass is 9.83. The summed E-state index contributed by atoms with van der Waals surface area (Å²) in [6.07, 6.45) is -0.707. The van der Waals surface area contributed by atoms with Crippen LogP contribution < -0.4 is 20.9 Å². The molecular formula is C40H41F3N4O3. The molecule has 6 rings (SSSR count). The zero-order chi connectivity index (χ0) is 35.4. The highest BCUT2D eigenvalue weighted by molar-refractivity contribution is 6.04. The average Bonchev–Trinajstić information content (AvgIpc) is 3.95. The van der Waals surface area contributed by atoms with Crippen LogP contribution in [0.15, 0.2) is 103 Å². The fraction of sp³-hybridized carbons (Fsp3) is 0.325. The van der Waals surface area contributed by atoms with Crippen molar-refractivity contribution >= 4 is 34.8 Å². The average molecular weight is 683 g/mol. The van der Waals surface area contributed by atoms with Gasteiger partial charge in [0.15, 0.2) is 0 Å². The van der Waals surface area contributed by atoms with Crippen LogP contribution >= 0.6 is 0 Å². The van der Waals surface area contributed by atoms with Crippen molar-refractivity contribution in [2.45, 2.75) is 57.8 Å². The number of anilines is 3. The van der Waals surface area contributed by atoms with Crippen LogP contribution in [-0.4, -0.2) is 30.3 Å². The van der Waals surface area contributed by atoms with Gasteiger partial charge in [-0.3, -0.25) is 14.4 Å². The Labute approximate surface area is 290 Å². The van der Waals surface area contributed by atoms with Crippen LogP contribution in [0.1, 0.15) is 50.2 Å². The predicted octanol–water partition coefficient (Wildman–Crippen LogP) is 7.86. The number of nitrogens with zero attached hydrogens (tertiary/aromatic N) is 2. The highest BCUT2D eigenvalue weighted by Gasteiger charge is 2.41. The molecule has 10 heteroatoms. The van der Waals surface area contributed by atoms with Gasteiger partial charge in [-0.05, 0) is 77.9 Å². The van der Waals surface area contributed by atoms with Gasteiger partial charge in [-0.15, -0.1) is 0 Å². The molecule has 1 saturated carbocycles. The molecular weight excluding hydrogens is 641 g/mol. The zero-order valence-electron chi connectivity index (χ0n) is 27.9. The minimum Gasteiger partial charge on any atom is -0.369 e. The van der Waals surface area contributed by atoms with Crippen LogP contribution in [0.25, 0.3) is 11.1 Å². The van der Waals surface area contributed by atoms with Gasteiger partial charge in [-0.25, -0.2) is 0 Å². The van der Waals surface area contributed by atoms with E-state index >= 15 is 0 Å². The second-order valence-corrected chi connectivity index (χ2v) is 13.3. The standard InChI is InChI=1S/C40H41F3N4O3/c1-2-9-32(37(44)48)33(23-26-16-17-26)38(49)45-34-25-46(31-12-4-3-5-13-31)35-14-6-7-15-36(35)47(39(34)50)24-27-10-8-11-29(22-27)28-18-20-30(21-19-28)40(41,42)43/h3-8,10-15,18-22,26,32-34H,2,9,16-17,23-25H2,1H3,(H2,44,48)(H,45,49). The Bertz CT molecular complexity index is 1830. The Kier molecular flexibility index (Phi) is 10.3. The third kappa shape index (κ3) is 7.85. The summed E-state index contributed by atoms with van der Waals surface area (Å²) in [5.74, 6) is -2.10. The summed E-state index contributed by atoms with van der Waals surface area (Å²) in [6.45, 7) is 2.25. The molecule has 7 nitrogen and oxygen atoms in total. The number of rotatable bonds is 12. The van der Waals surface area contributed by atoms with Crippen molar-refractivity contribution in [3.63, 3.8) is 0 Å². The van der Waals surface area contributed by atoms with Gasteiger partial charge < -0.3 is 20.9 Å². The number of halogens is 3. The maximum Gasteiger partial charge on any atom is 0.416 e. The summed E-state index contributed by atoms with van der Waals surface area (Å²) in [5.41, 5.74) is 9.45. The topological polar surface area (TPSA) is 95.7 Å². The minimum atomic E-state index is -4.44. The smallest absolute Gasteiger partial charge is 0.369 e. The molecule has 3 atom stereocenters. The monoisotopic (exact) mass is 682 g/mol. The number of nitrogens with one attached hydrogen (secondary N) is 1. The molecule has 260 valence electrons. The van der Waals surface area contributed by atoms with E-state index in [1.54, 1.807) is 4.90 Å². The number of alkyl halides is 3. The molecule has 0 spiro atoms. The Balaban J connectivity index is 1.36. The second kappa shape index (κ2) is 14.8. The first-order valence-electron chi connectivity index (χ1n) is 17.1. The van der Waals surface area contributed by atoms with Crippen LogP contribution in [0, 0.1) is 17.8 Å². The van der Waals surface area contributed by atoms with Crippen molar-refractivity contribution < 1.29 is 27.6 Å². The highest BCUT2D eigenvalue weighted by atomic mass is 19.4. The normalized spacial score (nSPS) is 17.4. The van der Waals surface area contributed by atoms with Crippen molar-refractivity contribution in [2.75, 3.05) is 16.3 Å². The molecule has 1 aliphatic carbocycles. The van der Waals surface area contributed by atoms with Crippen LogP contribution in [0.5, 0.6) is 0 Å². The molecule has 3 N–H and O–H groups in total. The molecule has 0 radical (unpaired) electrons. The molecule has 3 amide bonds. The number of primary amides is 1. The van der Waals surface area contributed by atoms with Gasteiger partial charge in [0.2, 0.25) is 11.8 Å². The quantitative estimate of drug-likeness (QED) is 0.159. The van der Waals surface area contributed by atoms with Crippen molar-refractivity contribution in [3.8, 4) is 11.1 Å². The SMILES string of the molecule is CCCC(C(N)=O)C(CC1CC1)C(=O)NC1CN(c2ccccc2)c2ccccc2N(Cc2cccc(-c3ccc(C(F)(F)F)cc3)c2)C1=O. The van der Waals surface area contributed by atoms with Crippen LogP contribution in [-0.2, 0) is 27.1 Å². The molecule has 4 aromatic carbocycles. The Morgan fingerprint density at radius 2 is 1.54 bits per heavy atom. The molecule has 0 aromatic heterocycles. The van der Waals surface area contributed by atoms with E-state index in [0.717, 1.165) is 41.9 Å². The molecule has 1 fully saturated rings. The molecule has 50 heavy (non-hydrogen) atoms. The number of nitrogens with two attached hydrogens (primary N) is 1. The van der Waals surface area contributed by atoms with Gasteiger partial charge in [0.1, 0.15) is 6.04 Å². The summed E-state index contributed by atoms with van der Waals surface area (Å²) in [4.78, 5) is 45.1. The van der Waals surface area contributed by atoms with Crippen molar-refractivity contribution in [1.29, 1.82) is 0 Å². The first kappa shape index (κ1) is 34.7. The fourth-order valence-corrected chi connectivity index (χ4v) is 6.89. The van der Waals surface area contributed by atoms with Crippen LogP contribution in [0.2, 0.25) is 0 Å². The number of carbonyl (C=O) groups is 3. The lowest BCUT2D eigenvalue weighted by molar-refractivity contribution is -0.137. The molecule has 2 aliphatic rings. The Hall–Kier alpha value is -5.12. The Morgan fingerprint density at radius 3 is 2.18 bits per heavy atom. The number of fused-ring (bicyclic) bond motifs is 1. The molecule has 0 bridgehead atoms. The molecule has 3 unspecified atom stereocenters. The molecule has 4 aromatic rings. The maximum atomic E-state index is 14.7. The first-order valence-corrected chi connectivity index (χ1v) is 17.1. The summed E-state index contributed by atoms with van der Waals surface area (Å²) in [6, 6.07) is 28.6. The number of carbonyl (C=O) groups excluding carboxylic acids is 3. The van der Waals surface area contributed by atoms with Crippen molar-refractivity contribution in [2.24, 2.45) is 23.5 Å². The molecule has 1 heterocycles. The predicted molar refractivity (Wildman–Crippen MR) is 188 cm³/mol. The fourth-order valence-electron chi connectivity index (χ4n) is 6.89. The van der Waals surface area contributed by atoms with Gasteiger partial charge in [0.25, 0.3) is 5.91 Å². The summed E-state index contributed by atoms with van der Waals surface area (Å²) in [7, 11) is 0. The van der Waals surface area contributed by atoms with E-state index in [0.29, 0.717) is 42.0 Å². The van der Waals surface area contributed by atoms with E-state index in [1.807, 2.05) is 90.7 Å². The maximum absolute atomic E-state index is 14.7. The number of amides is 3. The lowest BCUT2D eigenvalue weighted by Crippen LogP contribution is -2.54. The van der Waals surface area contributed by atoms with E-state index in [9.17, 15) is 27.6 Å². The third-order valence-electron chi connectivity index (χ3n) is 9.66. The van der Waals surface area contributed by atoms with Gasteiger partial charge in [-0.1, -0.05) is 86.8 Å². The lowest BCUT2D eigenvalue weighted by Gasteiger charge is -2.29. The molecule has 1 aliphatic heterocycles. The van der Waals surface area contributed by atoms with Gasteiger partial charge in [0.05, 0.1) is 30.0 Å². The zero-order valence-corrected chi connectivity index (χ0v) is 27.9. The van der Waals surface area contributed by atoms with Crippen molar-refractivity contribution in [3.05, 3.63) is 114 Å². The number of benzene rings is 4. The van der Waals surface area contributed by atoms with Gasteiger partial charge in [-0.2, -0.15) is 13.2 Å². The summed E-state index contributed by atoms with van der Waals surface area (Å²) >= 11 is 0. The number of hydrogen-bond donors (Lipinski definition) is 2.